The highest BCUT2D eigenvalue weighted by molar-refractivity contribution is 5.73. The van der Waals surface area contributed by atoms with Crippen LogP contribution in [0.5, 0.6) is 0 Å². The Hall–Kier alpha value is -1.59. The summed E-state index contributed by atoms with van der Waals surface area (Å²) in [4.78, 5) is 37.6. The van der Waals surface area contributed by atoms with Crippen LogP contribution in [0.25, 0.3) is 0 Å². The molecule has 0 spiro atoms. The van der Waals surface area contributed by atoms with E-state index in [-0.39, 0.29) is 43.0 Å². The second kappa shape index (κ2) is 22.8. The van der Waals surface area contributed by atoms with Gasteiger partial charge in [-0.25, -0.2) is 0 Å². The van der Waals surface area contributed by atoms with Gasteiger partial charge in [0.25, 0.3) is 0 Å². The first kappa shape index (κ1) is 33.4. The van der Waals surface area contributed by atoms with E-state index in [9.17, 15) is 14.4 Å². The minimum absolute atomic E-state index is 0.0784. The fourth-order valence-corrected chi connectivity index (χ4v) is 4.33. The van der Waals surface area contributed by atoms with Crippen LogP contribution in [0.4, 0.5) is 0 Å². The molecule has 0 aromatic carbocycles. The molecule has 0 radical (unpaired) electrons. The van der Waals surface area contributed by atoms with Crippen LogP contribution >= 0.6 is 0 Å². The Labute approximate surface area is 215 Å². The van der Waals surface area contributed by atoms with E-state index in [2.05, 4.69) is 6.92 Å². The van der Waals surface area contributed by atoms with Crippen molar-refractivity contribution in [3.8, 4) is 0 Å². The van der Waals surface area contributed by atoms with Crippen molar-refractivity contribution in [1.29, 1.82) is 0 Å². The molecule has 0 amide bonds. The molecule has 0 aliphatic carbocycles. The largest absolute Gasteiger partial charge is 0.461 e. The van der Waals surface area contributed by atoms with Gasteiger partial charge in [0.1, 0.15) is 13.2 Å². The predicted octanol–water partition coefficient (Wildman–Crippen LogP) is 7.56. The molecule has 0 aliphatic rings. The molecule has 0 saturated carbocycles. The van der Waals surface area contributed by atoms with Crippen molar-refractivity contribution < 1.29 is 28.6 Å². The number of hydrogen-bond acceptors (Lipinski definition) is 6. The lowest BCUT2D eigenvalue weighted by molar-refractivity contribution is -0.170. The van der Waals surface area contributed by atoms with Crippen molar-refractivity contribution in [1.82, 2.24) is 0 Å². The van der Waals surface area contributed by atoms with Crippen molar-refractivity contribution in [2.75, 3.05) is 13.2 Å². The molecule has 0 saturated heterocycles. The zero-order valence-corrected chi connectivity index (χ0v) is 23.4. The first-order valence-corrected chi connectivity index (χ1v) is 14.5. The molecule has 0 fully saturated rings. The summed E-state index contributed by atoms with van der Waals surface area (Å²) in [5, 5.41) is 0. The molecule has 0 N–H and O–H groups in total. The SMILES string of the molecule is CCCCCCCCCC(=O)OC(COC(=O)C(CCC)CCC)COC(=O)C(CCC)CCC. The molecule has 0 heterocycles. The third-order valence-corrected chi connectivity index (χ3v) is 6.32. The van der Waals surface area contributed by atoms with Gasteiger partial charge in [-0.3, -0.25) is 14.4 Å². The van der Waals surface area contributed by atoms with E-state index in [0.29, 0.717) is 6.42 Å². The Morgan fingerprint density at radius 3 is 1.34 bits per heavy atom. The number of rotatable bonds is 23. The van der Waals surface area contributed by atoms with E-state index in [0.717, 1.165) is 70.6 Å². The maximum Gasteiger partial charge on any atom is 0.309 e. The zero-order valence-electron chi connectivity index (χ0n) is 23.4. The second-order valence-electron chi connectivity index (χ2n) is 9.79. The highest BCUT2D eigenvalue weighted by Gasteiger charge is 2.25. The van der Waals surface area contributed by atoms with Gasteiger partial charge in [0.2, 0.25) is 0 Å². The minimum Gasteiger partial charge on any atom is -0.461 e. The fraction of sp³-hybridized carbons (Fsp3) is 0.897. The maximum absolute atomic E-state index is 12.6. The molecular weight excluding hydrogens is 444 g/mol. The van der Waals surface area contributed by atoms with Crippen LogP contribution in [0.2, 0.25) is 0 Å². The monoisotopic (exact) mass is 498 g/mol. The van der Waals surface area contributed by atoms with Gasteiger partial charge in [-0.15, -0.1) is 0 Å². The van der Waals surface area contributed by atoms with E-state index in [1.807, 2.05) is 27.7 Å². The number of carbonyl (C=O) groups is 3. The third-order valence-electron chi connectivity index (χ3n) is 6.32. The summed E-state index contributed by atoms with van der Waals surface area (Å²) in [6.07, 6.45) is 14.1. The maximum atomic E-state index is 12.6. The summed E-state index contributed by atoms with van der Waals surface area (Å²) in [5.41, 5.74) is 0. The van der Waals surface area contributed by atoms with Crippen LogP contribution in [-0.4, -0.2) is 37.2 Å². The molecule has 6 nitrogen and oxygen atoms in total. The summed E-state index contributed by atoms with van der Waals surface area (Å²) >= 11 is 0. The van der Waals surface area contributed by atoms with Crippen LogP contribution in [0.3, 0.4) is 0 Å². The highest BCUT2D eigenvalue weighted by atomic mass is 16.6. The first-order valence-electron chi connectivity index (χ1n) is 14.5. The topological polar surface area (TPSA) is 78.9 Å². The standard InChI is InChI=1S/C29H54O6/c1-6-11-12-13-14-15-16-21-27(30)35-26(22-33-28(31)24(17-7-2)18-8-3)23-34-29(32)25(19-9-4)20-10-5/h24-26H,6-23H2,1-5H3. The molecule has 0 atom stereocenters. The van der Waals surface area contributed by atoms with Crippen molar-refractivity contribution in [2.24, 2.45) is 11.8 Å². The lowest BCUT2D eigenvalue weighted by Crippen LogP contribution is -2.33. The van der Waals surface area contributed by atoms with Crippen molar-refractivity contribution in [3.63, 3.8) is 0 Å². The molecule has 0 bridgehead atoms. The normalized spacial score (nSPS) is 11.3. The van der Waals surface area contributed by atoms with Gasteiger partial charge in [-0.05, 0) is 32.1 Å². The Balaban J connectivity index is 4.84. The lowest BCUT2D eigenvalue weighted by atomic mass is 9.98. The van der Waals surface area contributed by atoms with Crippen molar-refractivity contribution in [3.05, 3.63) is 0 Å². The Kier molecular flexibility index (Phi) is 21.8. The number of carbonyl (C=O) groups excluding carboxylic acids is 3. The van der Waals surface area contributed by atoms with Gasteiger partial charge in [-0.1, -0.05) is 98.8 Å². The number of hydrogen-bond donors (Lipinski definition) is 0. The van der Waals surface area contributed by atoms with Gasteiger partial charge in [-0.2, -0.15) is 0 Å². The zero-order chi connectivity index (χ0) is 26.3. The predicted molar refractivity (Wildman–Crippen MR) is 141 cm³/mol. The summed E-state index contributed by atoms with van der Waals surface area (Å²) in [7, 11) is 0. The lowest BCUT2D eigenvalue weighted by Gasteiger charge is -2.21. The summed E-state index contributed by atoms with van der Waals surface area (Å²) in [5.74, 6) is -1.14. The average molecular weight is 499 g/mol. The van der Waals surface area contributed by atoms with Crippen LogP contribution in [-0.2, 0) is 28.6 Å². The second-order valence-corrected chi connectivity index (χ2v) is 9.79. The Bertz CT molecular complexity index is 503. The highest BCUT2D eigenvalue weighted by Crippen LogP contribution is 2.18. The van der Waals surface area contributed by atoms with Gasteiger partial charge in [0, 0.05) is 6.42 Å². The third kappa shape index (κ3) is 17.5. The van der Waals surface area contributed by atoms with E-state index >= 15 is 0 Å². The van der Waals surface area contributed by atoms with Gasteiger partial charge < -0.3 is 14.2 Å². The van der Waals surface area contributed by atoms with Crippen LogP contribution in [0.15, 0.2) is 0 Å². The average Bonchev–Trinajstić information content (AvgIpc) is 2.84. The van der Waals surface area contributed by atoms with Crippen LogP contribution < -0.4 is 0 Å². The van der Waals surface area contributed by atoms with Gasteiger partial charge in [0.05, 0.1) is 11.8 Å². The number of esters is 3. The molecule has 0 aliphatic heterocycles. The first-order chi connectivity index (χ1) is 16.9. The van der Waals surface area contributed by atoms with E-state index in [1.165, 1.54) is 25.7 Å². The van der Waals surface area contributed by atoms with Crippen LogP contribution in [0.1, 0.15) is 137 Å². The smallest absolute Gasteiger partial charge is 0.309 e. The molecule has 6 heteroatoms. The molecule has 206 valence electrons. The van der Waals surface area contributed by atoms with E-state index in [4.69, 9.17) is 14.2 Å². The van der Waals surface area contributed by atoms with Gasteiger partial charge >= 0.3 is 17.9 Å². The Morgan fingerprint density at radius 2 is 0.943 bits per heavy atom. The van der Waals surface area contributed by atoms with E-state index < -0.39 is 6.10 Å². The Morgan fingerprint density at radius 1 is 0.543 bits per heavy atom. The minimum atomic E-state index is -0.771. The number of ether oxygens (including phenoxy) is 3. The fourth-order valence-electron chi connectivity index (χ4n) is 4.33. The van der Waals surface area contributed by atoms with Crippen LogP contribution in [0, 0.1) is 11.8 Å². The molecule has 0 unspecified atom stereocenters. The van der Waals surface area contributed by atoms with Gasteiger partial charge in [0.15, 0.2) is 6.10 Å². The number of unbranched alkanes of at least 4 members (excludes halogenated alkanes) is 6. The van der Waals surface area contributed by atoms with E-state index in [1.54, 1.807) is 0 Å². The summed E-state index contributed by atoms with van der Waals surface area (Å²) in [6, 6.07) is 0. The molecule has 0 rings (SSSR count). The molecular formula is C29H54O6. The summed E-state index contributed by atoms with van der Waals surface area (Å²) < 4.78 is 16.7. The molecule has 0 aromatic heterocycles. The van der Waals surface area contributed by atoms with Crippen molar-refractivity contribution in [2.45, 2.75) is 143 Å². The molecule has 35 heavy (non-hydrogen) atoms. The molecule has 0 aromatic rings. The van der Waals surface area contributed by atoms with Crippen molar-refractivity contribution >= 4 is 17.9 Å². The quantitative estimate of drug-likeness (QED) is 0.0821. The summed E-state index contributed by atoms with van der Waals surface area (Å²) in [6.45, 7) is 10.2.